The minimum absolute atomic E-state index is 0.150. The first-order chi connectivity index (χ1) is 9.63. The summed E-state index contributed by atoms with van der Waals surface area (Å²) in [7, 11) is 0. The Labute approximate surface area is 119 Å². The minimum atomic E-state index is -0.930. The summed E-state index contributed by atoms with van der Waals surface area (Å²) in [6.07, 6.45) is 3.94. The number of hydrogen-bond donors (Lipinski definition) is 3. The maximum Gasteiger partial charge on any atom is 0.335 e. The van der Waals surface area contributed by atoms with Crippen molar-refractivity contribution in [1.82, 2.24) is 10.6 Å². The molecule has 5 heteroatoms. The van der Waals surface area contributed by atoms with Crippen LogP contribution in [0.4, 0.5) is 4.79 Å². The van der Waals surface area contributed by atoms with Gasteiger partial charge >= 0.3 is 12.0 Å². The highest BCUT2D eigenvalue weighted by Crippen LogP contribution is 2.04. The second-order valence-electron chi connectivity index (χ2n) is 4.64. The third-order valence-corrected chi connectivity index (χ3v) is 2.97. The van der Waals surface area contributed by atoms with Crippen molar-refractivity contribution in [1.29, 1.82) is 0 Å². The van der Waals surface area contributed by atoms with E-state index in [1.165, 1.54) is 0 Å². The molecule has 0 aliphatic heterocycles. The lowest BCUT2D eigenvalue weighted by atomic mass is 10.1. The van der Waals surface area contributed by atoms with E-state index in [0.29, 0.717) is 19.5 Å². The lowest BCUT2D eigenvalue weighted by molar-refractivity contribution is 0.0697. The van der Waals surface area contributed by atoms with E-state index in [1.807, 2.05) is 0 Å². The summed E-state index contributed by atoms with van der Waals surface area (Å²) < 4.78 is 0. The second kappa shape index (κ2) is 8.96. The van der Waals surface area contributed by atoms with Gasteiger partial charge in [-0.3, -0.25) is 0 Å². The number of benzene rings is 1. The summed E-state index contributed by atoms with van der Waals surface area (Å²) in [6.45, 7) is 3.36. The van der Waals surface area contributed by atoms with E-state index in [0.717, 1.165) is 24.8 Å². The van der Waals surface area contributed by atoms with Gasteiger partial charge in [0, 0.05) is 13.1 Å². The molecule has 0 aromatic heterocycles. The molecule has 0 saturated heterocycles. The summed E-state index contributed by atoms with van der Waals surface area (Å²) in [5, 5.41) is 14.4. The fourth-order valence-electron chi connectivity index (χ4n) is 1.77. The third kappa shape index (κ3) is 6.22. The van der Waals surface area contributed by atoms with Crippen LogP contribution in [0.5, 0.6) is 0 Å². The van der Waals surface area contributed by atoms with Crippen LogP contribution in [-0.2, 0) is 6.42 Å². The number of aromatic carboxylic acids is 1. The molecule has 0 atom stereocenters. The van der Waals surface area contributed by atoms with Crippen LogP contribution in [0.25, 0.3) is 0 Å². The van der Waals surface area contributed by atoms with E-state index in [9.17, 15) is 9.59 Å². The third-order valence-electron chi connectivity index (χ3n) is 2.97. The Morgan fingerprint density at radius 1 is 1.05 bits per heavy atom. The number of carbonyl (C=O) groups excluding carboxylic acids is 1. The van der Waals surface area contributed by atoms with Gasteiger partial charge in [0.05, 0.1) is 5.56 Å². The molecule has 0 aliphatic rings. The summed E-state index contributed by atoms with van der Waals surface area (Å²) in [5.74, 6) is -0.930. The Kier molecular flexibility index (Phi) is 7.17. The molecular weight excluding hydrogens is 256 g/mol. The van der Waals surface area contributed by atoms with E-state index in [2.05, 4.69) is 17.6 Å². The van der Waals surface area contributed by atoms with Gasteiger partial charge in [-0.25, -0.2) is 9.59 Å². The van der Waals surface area contributed by atoms with Crippen molar-refractivity contribution in [2.45, 2.75) is 32.6 Å². The van der Waals surface area contributed by atoms with Crippen LogP contribution >= 0.6 is 0 Å². The monoisotopic (exact) mass is 278 g/mol. The fourth-order valence-corrected chi connectivity index (χ4v) is 1.77. The molecule has 110 valence electrons. The number of carboxylic acid groups (broad SMARTS) is 1. The van der Waals surface area contributed by atoms with Crippen LogP contribution in [0.3, 0.4) is 0 Å². The molecule has 0 fully saturated rings. The summed E-state index contributed by atoms with van der Waals surface area (Å²) in [4.78, 5) is 22.1. The molecule has 0 unspecified atom stereocenters. The lowest BCUT2D eigenvalue weighted by Crippen LogP contribution is -2.37. The van der Waals surface area contributed by atoms with Gasteiger partial charge in [0.1, 0.15) is 0 Å². The molecule has 0 bridgehead atoms. The topological polar surface area (TPSA) is 78.4 Å². The van der Waals surface area contributed by atoms with Gasteiger partial charge < -0.3 is 15.7 Å². The first-order valence-electron chi connectivity index (χ1n) is 6.97. The molecule has 0 radical (unpaired) electrons. The highest BCUT2D eigenvalue weighted by Gasteiger charge is 2.02. The summed E-state index contributed by atoms with van der Waals surface area (Å²) >= 11 is 0. The molecule has 3 N–H and O–H groups in total. The number of carbonyl (C=O) groups is 2. The van der Waals surface area contributed by atoms with Crippen molar-refractivity contribution in [2.24, 2.45) is 0 Å². The van der Waals surface area contributed by atoms with E-state index < -0.39 is 5.97 Å². The van der Waals surface area contributed by atoms with E-state index in [1.54, 1.807) is 24.3 Å². The fraction of sp³-hybridized carbons (Fsp3) is 0.467. The average Bonchev–Trinajstić information content (AvgIpc) is 2.44. The number of carboxylic acids is 1. The molecule has 1 aromatic carbocycles. The Bertz CT molecular complexity index is 429. The van der Waals surface area contributed by atoms with E-state index in [-0.39, 0.29) is 11.6 Å². The molecule has 2 amide bonds. The maximum atomic E-state index is 11.4. The summed E-state index contributed by atoms with van der Waals surface area (Å²) in [6, 6.07) is 6.53. The van der Waals surface area contributed by atoms with Crippen molar-refractivity contribution in [3.05, 3.63) is 35.4 Å². The first-order valence-corrected chi connectivity index (χ1v) is 6.97. The number of unbranched alkanes of at least 4 members (excludes halogenated alkanes) is 2. The van der Waals surface area contributed by atoms with Crippen molar-refractivity contribution >= 4 is 12.0 Å². The van der Waals surface area contributed by atoms with Gasteiger partial charge in [0.25, 0.3) is 0 Å². The molecule has 1 rings (SSSR count). The molecule has 20 heavy (non-hydrogen) atoms. The Balaban J connectivity index is 2.20. The van der Waals surface area contributed by atoms with Gasteiger partial charge in [-0.2, -0.15) is 0 Å². The minimum Gasteiger partial charge on any atom is -0.478 e. The van der Waals surface area contributed by atoms with Crippen molar-refractivity contribution in [3.8, 4) is 0 Å². The predicted molar refractivity (Wildman–Crippen MR) is 78.0 cm³/mol. The van der Waals surface area contributed by atoms with Crippen molar-refractivity contribution < 1.29 is 14.7 Å². The van der Waals surface area contributed by atoms with Crippen LogP contribution < -0.4 is 10.6 Å². The van der Waals surface area contributed by atoms with Crippen molar-refractivity contribution in [3.63, 3.8) is 0 Å². The summed E-state index contributed by atoms with van der Waals surface area (Å²) in [5.41, 5.74) is 1.27. The second-order valence-corrected chi connectivity index (χ2v) is 4.64. The van der Waals surface area contributed by atoms with Gasteiger partial charge in [-0.05, 0) is 30.5 Å². The Hall–Kier alpha value is -2.04. The quantitative estimate of drug-likeness (QED) is 0.639. The smallest absolute Gasteiger partial charge is 0.335 e. The van der Waals surface area contributed by atoms with E-state index >= 15 is 0 Å². The zero-order valence-corrected chi connectivity index (χ0v) is 11.8. The Morgan fingerprint density at radius 2 is 1.70 bits per heavy atom. The number of hydrogen-bond acceptors (Lipinski definition) is 2. The largest absolute Gasteiger partial charge is 0.478 e. The normalized spacial score (nSPS) is 10.1. The molecule has 0 aliphatic carbocycles. The van der Waals surface area contributed by atoms with Gasteiger partial charge in [0.15, 0.2) is 0 Å². The van der Waals surface area contributed by atoms with Crippen LogP contribution in [0.15, 0.2) is 24.3 Å². The highest BCUT2D eigenvalue weighted by atomic mass is 16.4. The first kappa shape index (κ1) is 16.0. The molecule has 0 heterocycles. The van der Waals surface area contributed by atoms with Crippen LogP contribution in [0, 0.1) is 0 Å². The molecule has 0 spiro atoms. The van der Waals surface area contributed by atoms with Crippen molar-refractivity contribution in [2.75, 3.05) is 13.1 Å². The Morgan fingerprint density at radius 3 is 2.30 bits per heavy atom. The van der Waals surface area contributed by atoms with Crippen LogP contribution in [-0.4, -0.2) is 30.2 Å². The highest BCUT2D eigenvalue weighted by molar-refractivity contribution is 5.87. The standard InChI is InChI=1S/C15H22N2O3/c1-2-3-4-10-16-15(20)17-11-9-12-5-7-13(8-6-12)14(18)19/h5-8H,2-4,9-11H2,1H3,(H,18,19)(H2,16,17,20). The molecular formula is C15H22N2O3. The predicted octanol–water partition coefficient (Wildman–Crippen LogP) is 2.42. The van der Waals surface area contributed by atoms with E-state index in [4.69, 9.17) is 5.11 Å². The number of amides is 2. The zero-order chi connectivity index (χ0) is 14.8. The number of rotatable bonds is 8. The van der Waals surface area contributed by atoms with Gasteiger partial charge in [0.2, 0.25) is 0 Å². The van der Waals surface area contributed by atoms with Crippen LogP contribution in [0.2, 0.25) is 0 Å². The van der Waals surface area contributed by atoms with Crippen LogP contribution in [0.1, 0.15) is 42.1 Å². The maximum absolute atomic E-state index is 11.4. The molecule has 1 aromatic rings. The lowest BCUT2D eigenvalue weighted by Gasteiger charge is -2.07. The zero-order valence-electron chi connectivity index (χ0n) is 11.8. The molecule has 5 nitrogen and oxygen atoms in total. The SMILES string of the molecule is CCCCCNC(=O)NCCc1ccc(C(=O)O)cc1. The van der Waals surface area contributed by atoms with Gasteiger partial charge in [-0.15, -0.1) is 0 Å². The number of urea groups is 1. The van der Waals surface area contributed by atoms with Gasteiger partial charge in [-0.1, -0.05) is 31.9 Å². The average molecular weight is 278 g/mol. The molecule has 0 saturated carbocycles. The number of nitrogens with one attached hydrogen (secondary N) is 2.